The summed E-state index contributed by atoms with van der Waals surface area (Å²) in [7, 11) is 0. The monoisotopic (exact) mass is 549 g/mol. The van der Waals surface area contributed by atoms with Gasteiger partial charge in [-0.3, -0.25) is 9.78 Å². The molecule has 2 aromatic carbocycles. The van der Waals surface area contributed by atoms with Gasteiger partial charge in [-0.05, 0) is 74.1 Å². The van der Waals surface area contributed by atoms with Crippen molar-refractivity contribution in [2.75, 3.05) is 6.61 Å². The lowest BCUT2D eigenvalue weighted by molar-refractivity contribution is -0.210. The van der Waals surface area contributed by atoms with Gasteiger partial charge in [-0.2, -0.15) is 18.2 Å². The molecule has 1 N–H and O–H groups in total. The highest BCUT2D eigenvalue weighted by atomic mass is 35.5. The SMILES string of the molecule is CCCOc1ccc(-c2nc(-c3cc(CCC(=O)C(C)(C)C(F)(F)F)ccc3Cl)[nH]c(=O)n2)cc1C(C)C. The van der Waals surface area contributed by atoms with Crippen molar-refractivity contribution in [1.29, 1.82) is 0 Å². The number of benzene rings is 2. The second-order valence-electron chi connectivity index (χ2n) is 9.94. The van der Waals surface area contributed by atoms with Gasteiger partial charge in [0.1, 0.15) is 22.8 Å². The van der Waals surface area contributed by atoms with Crippen LogP contribution in [0.5, 0.6) is 5.75 Å². The van der Waals surface area contributed by atoms with Gasteiger partial charge in [0.05, 0.1) is 11.6 Å². The maximum absolute atomic E-state index is 13.2. The lowest BCUT2D eigenvalue weighted by Gasteiger charge is -2.26. The number of nitrogens with zero attached hydrogens (tertiary/aromatic N) is 2. The number of alkyl halides is 3. The molecule has 10 heteroatoms. The molecule has 0 aliphatic heterocycles. The molecular formula is C28H31ClF3N3O3. The molecule has 0 saturated carbocycles. The summed E-state index contributed by atoms with van der Waals surface area (Å²) in [4.78, 5) is 35.9. The molecular weight excluding hydrogens is 519 g/mol. The zero-order chi connectivity index (χ0) is 28.3. The van der Waals surface area contributed by atoms with Gasteiger partial charge < -0.3 is 4.74 Å². The summed E-state index contributed by atoms with van der Waals surface area (Å²) < 4.78 is 45.5. The van der Waals surface area contributed by atoms with Crippen LogP contribution in [0.4, 0.5) is 13.2 Å². The van der Waals surface area contributed by atoms with Crippen LogP contribution in [0, 0.1) is 5.41 Å². The number of aromatic nitrogens is 3. The first-order chi connectivity index (χ1) is 17.7. The van der Waals surface area contributed by atoms with Crippen molar-refractivity contribution in [1.82, 2.24) is 15.0 Å². The fourth-order valence-electron chi connectivity index (χ4n) is 3.76. The predicted molar refractivity (Wildman–Crippen MR) is 142 cm³/mol. The summed E-state index contributed by atoms with van der Waals surface area (Å²) in [6.07, 6.45) is -4.00. The van der Waals surface area contributed by atoms with E-state index in [1.807, 2.05) is 32.9 Å². The molecule has 0 radical (unpaired) electrons. The lowest BCUT2D eigenvalue weighted by atomic mass is 9.84. The molecule has 0 unspecified atom stereocenters. The number of H-pyrrole nitrogens is 1. The second-order valence-corrected chi connectivity index (χ2v) is 10.3. The number of rotatable bonds is 10. The zero-order valence-electron chi connectivity index (χ0n) is 22.0. The first-order valence-corrected chi connectivity index (χ1v) is 12.8. The number of hydrogen-bond acceptors (Lipinski definition) is 5. The maximum Gasteiger partial charge on any atom is 0.400 e. The van der Waals surface area contributed by atoms with E-state index in [2.05, 4.69) is 15.0 Å². The van der Waals surface area contributed by atoms with Crippen molar-refractivity contribution in [3.8, 4) is 28.5 Å². The highest BCUT2D eigenvalue weighted by molar-refractivity contribution is 6.33. The van der Waals surface area contributed by atoms with Crippen LogP contribution < -0.4 is 10.4 Å². The van der Waals surface area contributed by atoms with E-state index in [1.165, 1.54) is 0 Å². The molecule has 0 aliphatic carbocycles. The van der Waals surface area contributed by atoms with Gasteiger partial charge in [-0.25, -0.2) is 9.78 Å². The van der Waals surface area contributed by atoms with Crippen LogP contribution in [0.3, 0.4) is 0 Å². The van der Waals surface area contributed by atoms with Crippen LogP contribution in [0.25, 0.3) is 22.8 Å². The summed E-state index contributed by atoms with van der Waals surface area (Å²) in [6.45, 7) is 8.43. The molecule has 3 aromatic rings. The van der Waals surface area contributed by atoms with Crippen LogP contribution in [0.2, 0.25) is 5.02 Å². The molecule has 0 amide bonds. The predicted octanol–water partition coefficient (Wildman–Crippen LogP) is 7.15. The molecule has 0 spiro atoms. The van der Waals surface area contributed by atoms with E-state index in [0.717, 1.165) is 31.6 Å². The summed E-state index contributed by atoms with van der Waals surface area (Å²) >= 11 is 6.40. The summed E-state index contributed by atoms with van der Waals surface area (Å²) in [5, 5.41) is 0.280. The Hall–Kier alpha value is -3.20. The number of ketones is 1. The lowest BCUT2D eigenvalue weighted by Crippen LogP contribution is -2.39. The molecule has 0 fully saturated rings. The molecule has 0 atom stereocenters. The summed E-state index contributed by atoms with van der Waals surface area (Å²) in [5.41, 5.74) is -0.548. The van der Waals surface area contributed by atoms with E-state index in [0.29, 0.717) is 23.3 Å². The number of Topliss-reactive ketones (excluding diaryl/α,β-unsaturated/α-hetero) is 1. The molecule has 0 aliphatic rings. The van der Waals surface area contributed by atoms with Crippen LogP contribution in [0.15, 0.2) is 41.2 Å². The Morgan fingerprint density at radius 1 is 1.11 bits per heavy atom. The molecule has 0 bridgehead atoms. The minimum atomic E-state index is -4.64. The topological polar surface area (TPSA) is 84.9 Å². The van der Waals surface area contributed by atoms with E-state index in [-0.39, 0.29) is 35.4 Å². The molecule has 204 valence electrons. The average molecular weight is 550 g/mol. The van der Waals surface area contributed by atoms with Crippen molar-refractivity contribution in [2.24, 2.45) is 5.41 Å². The standard InChI is InChI=1S/C28H31ClF3N3O3/c1-6-13-38-22-11-9-18(15-19(22)16(2)3)24-33-25(35-26(37)34-24)20-14-17(7-10-21(20)29)8-12-23(36)27(4,5)28(30,31)32/h7,9-11,14-16H,6,8,12-13H2,1-5H3,(H,33,34,35,37). The normalized spacial score (nSPS) is 12.2. The highest BCUT2D eigenvalue weighted by Gasteiger charge is 2.51. The Balaban J connectivity index is 1.94. The third-order valence-corrected chi connectivity index (χ3v) is 6.66. The van der Waals surface area contributed by atoms with Gasteiger partial charge >= 0.3 is 11.9 Å². The minimum absolute atomic E-state index is 0.0711. The number of nitrogens with one attached hydrogen (secondary N) is 1. The Labute approximate surface area is 224 Å². The zero-order valence-corrected chi connectivity index (χ0v) is 22.8. The van der Waals surface area contributed by atoms with Crippen LogP contribution in [-0.4, -0.2) is 33.5 Å². The van der Waals surface area contributed by atoms with Crippen molar-refractivity contribution in [2.45, 2.75) is 66.0 Å². The van der Waals surface area contributed by atoms with Gasteiger partial charge in [0.2, 0.25) is 0 Å². The summed E-state index contributed by atoms with van der Waals surface area (Å²) in [5.74, 6) is 0.350. The first kappa shape index (κ1) is 29.4. The van der Waals surface area contributed by atoms with Gasteiger partial charge in [0, 0.05) is 17.5 Å². The molecule has 3 rings (SSSR count). The van der Waals surface area contributed by atoms with Crippen LogP contribution in [0.1, 0.15) is 64.5 Å². The van der Waals surface area contributed by atoms with Crippen LogP contribution >= 0.6 is 11.6 Å². The van der Waals surface area contributed by atoms with Gasteiger partial charge in [-0.1, -0.05) is 38.4 Å². The number of aromatic amines is 1. The third kappa shape index (κ3) is 6.62. The minimum Gasteiger partial charge on any atom is -0.493 e. The molecule has 6 nitrogen and oxygen atoms in total. The fourth-order valence-corrected chi connectivity index (χ4v) is 3.97. The number of ether oxygens (including phenoxy) is 1. The Kier molecular flexibility index (Phi) is 9.02. The fraction of sp³-hybridized carbons (Fsp3) is 0.429. The number of halogens is 4. The van der Waals surface area contributed by atoms with Gasteiger partial charge in [0.25, 0.3) is 0 Å². The molecule has 1 aromatic heterocycles. The van der Waals surface area contributed by atoms with Gasteiger partial charge in [-0.15, -0.1) is 0 Å². The Morgan fingerprint density at radius 3 is 2.45 bits per heavy atom. The van der Waals surface area contributed by atoms with Crippen molar-refractivity contribution in [3.63, 3.8) is 0 Å². The number of carbonyl (C=O) groups excluding carboxylic acids is 1. The van der Waals surface area contributed by atoms with Crippen molar-refractivity contribution < 1.29 is 22.7 Å². The van der Waals surface area contributed by atoms with E-state index < -0.39 is 23.1 Å². The summed E-state index contributed by atoms with van der Waals surface area (Å²) in [6, 6.07) is 10.3. The number of hydrogen-bond donors (Lipinski definition) is 1. The van der Waals surface area contributed by atoms with E-state index in [4.69, 9.17) is 16.3 Å². The Bertz CT molecular complexity index is 1370. The number of carbonyl (C=O) groups is 1. The second kappa shape index (κ2) is 11.7. The van der Waals surface area contributed by atoms with Crippen molar-refractivity contribution >= 4 is 17.4 Å². The quantitative estimate of drug-likeness (QED) is 0.290. The van der Waals surface area contributed by atoms with Crippen LogP contribution in [-0.2, 0) is 11.2 Å². The maximum atomic E-state index is 13.2. The Morgan fingerprint density at radius 2 is 1.82 bits per heavy atom. The van der Waals surface area contributed by atoms with Gasteiger partial charge in [0.15, 0.2) is 5.82 Å². The molecule has 38 heavy (non-hydrogen) atoms. The number of aryl methyl sites for hydroxylation is 1. The first-order valence-electron chi connectivity index (χ1n) is 12.4. The molecule has 1 heterocycles. The highest BCUT2D eigenvalue weighted by Crippen LogP contribution is 2.39. The smallest absolute Gasteiger partial charge is 0.400 e. The average Bonchev–Trinajstić information content (AvgIpc) is 2.85. The van der Waals surface area contributed by atoms with E-state index in [1.54, 1.807) is 24.3 Å². The molecule has 0 saturated heterocycles. The largest absolute Gasteiger partial charge is 0.493 e. The van der Waals surface area contributed by atoms with E-state index in [9.17, 15) is 22.8 Å². The third-order valence-electron chi connectivity index (χ3n) is 6.33. The van der Waals surface area contributed by atoms with E-state index >= 15 is 0 Å². The van der Waals surface area contributed by atoms with Crippen molar-refractivity contribution in [3.05, 3.63) is 63.0 Å².